The van der Waals surface area contributed by atoms with Crippen LogP contribution >= 0.6 is 0 Å². The van der Waals surface area contributed by atoms with Crippen LogP contribution in [-0.2, 0) is 0 Å². The van der Waals surface area contributed by atoms with Gasteiger partial charge in [0.05, 0.1) is 17.4 Å². The molecular formula is C19H22F2N6O. The van der Waals surface area contributed by atoms with Crippen LogP contribution in [0.5, 0.6) is 0 Å². The van der Waals surface area contributed by atoms with Crippen molar-refractivity contribution in [2.24, 2.45) is 4.99 Å². The van der Waals surface area contributed by atoms with E-state index in [1.54, 1.807) is 32.9 Å². The summed E-state index contributed by atoms with van der Waals surface area (Å²) in [6, 6.07) is 6.05. The lowest BCUT2D eigenvalue weighted by Crippen LogP contribution is -2.30. The van der Waals surface area contributed by atoms with E-state index in [1.807, 2.05) is 0 Å². The summed E-state index contributed by atoms with van der Waals surface area (Å²) in [4.78, 5) is 16.0. The molecule has 7 nitrogen and oxygen atoms in total. The monoisotopic (exact) mass is 388 g/mol. The zero-order valence-electron chi connectivity index (χ0n) is 15.9. The first-order valence-corrected chi connectivity index (χ1v) is 8.42. The average molecular weight is 388 g/mol. The summed E-state index contributed by atoms with van der Waals surface area (Å²) in [5, 5.41) is 15.6. The van der Waals surface area contributed by atoms with Crippen molar-refractivity contribution in [1.29, 1.82) is 0 Å². The van der Waals surface area contributed by atoms with Crippen molar-refractivity contribution in [2.45, 2.75) is 26.4 Å². The van der Waals surface area contributed by atoms with Crippen molar-refractivity contribution in [2.75, 3.05) is 17.2 Å². The van der Waals surface area contributed by atoms with E-state index >= 15 is 0 Å². The first-order valence-electron chi connectivity index (χ1n) is 8.42. The van der Waals surface area contributed by atoms with Crippen LogP contribution in [-0.4, -0.2) is 38.9 Å². The Kier molecular flexibility index (Phi) is 6.89. The second-order valence-corrected chi connectivity index (χ2v) is 6.60. The topological polar surface area (TPSA) is 95.3 Å². The molecule has 2 rings (SSSR count). The van der Waals surface area contributed by atoms with Crippen molar-refractivity contribution >= 4 is 18.6 Å². The Morgan fingerprint density at radius 2 is 1.93 bits per heavy atom. The van der Waals surface area contributed by atoms with E-state index in [-0.39, 0.29) is 29.8 Å². The Balaban J connectivity index is 2.41. The van der Waals surface area contributed by atoms with Crippen molar-refractivity contribution in [3.63, 3.8) is 0 Å². The van der Waals surface area contributed by atoms with Crippen LogP contribution < -0.4 is 10.6 Å². The molecule has 0 amide bonds. The molecule has 0 bridgehead atoms. The van der Waals surface area contributed by atoms with Crippen LogP contribution in [0.4, 0.5) is 20.7 Å². The van der Waals surface area contributed by atoms with E-state index in [1.165, 1.54) is 18.2 Å². The number of nitrogens with one attached hydrogen (secondary N) is 2. The van der Waals surface area contributed by atoms with Gasteiger partial charge in [-0.1, -0.05) is 12.1 Å². The van der Waals surface area contributed by atoms with Crippen molar-refractivity contribution in [3.05, 3.63) is 53.9 Å². The van der Waals surface area contributed by atoms with Gasteiger partial charge in [0.25, 0.3) is 0 Å². The number of aliphatic hydroxyl groups is 1. The van der Waals surface area contributed by atoms with E-state index in [4.69, 9.17) is 0 Å². The molecule has 1 aromatic heterocycles. The second-order valence-electron chi connectivity index (χ2n) is 6.60. The highest BCUT2D eigenvalue weighted by molar-refractivity contribution is 5.59. The molecular weight excluding hydrogens is 366 g/mol. The molecule has 1 heterocycles. The fraction of sp³-hybridized carbons (Fsp3) is 0.263. The van der Waals surface area contributed by atoms with E-state index in [2.05, 4.69) is 37.3 Å². The van der Waals surface area contributed by atoms with E-state index in [0.717, 1.165) is 6.20 Å². The van der Waals surface area contributed by atoms with Crippen molar-refractivity contribution < 1.29 is 13.9 Å². The van der Waals surface area contributed by atoms with Gasteiger partial charge in [0, 0.05) is 12.2 Å². The molecule has 3 N–H and O–H groups in total. The lowest BCUT2D eigenvalue weighted by Gasteiger charge is -2.18. The molecule has 0 aliphatic carbocycles. The van der Waals surface area contributed by atoms with Crippen molar-refractivity contribution in [3.8, 4) is 11.4 Å². The van der Waals surface area contributed by atoms with Gasteiger partial charge in [-0.2, -0.15) is 15.0 Å². The Labute approximate surface area is 162 Å². The minimum Gasteiger partial charge on any atom is -0.389 e. The minimum absolute atomic E-state index is 0.0830. The predicted octanol–water partition coefficient (Wildman–Crippen LogP) is 3.69. The van der Waals surface area contributed by atoms with Crippen LogP contribution in [0.2, 0.25) is 0 Å². The number of benzene rings is 1. The highest BCUT2D eigenvalue weighted by Gasteiger charge is 2.16. The van der Waals surface area contributed by atoms with Gasteiger partial charge in [-0.25, -0.2) is 8.78 Å². The number of rotatable bonds is 8. The van der Waals surface area contributed by atoms with Gasteiger partial charge in [-0.15, -0.1) is 0 Å². The SMILES string of the molecule is C=N/C=C(F)\C=C(/C)Nc1nc(NCC(C)(C)O)nc(-c2ccccc2F)n1. The Hall–Kier alpha value is -3.20. The van der Waals surface area contributed by atoms with Crippen LogP contribution in [0.3, 0.4) is 0 Å². The lowest BCUT2D eigenvalue weighted by atomic mass is 10.1. The molecule has 0 saturated heterocycles. The third-order valence-electron chi connectivity index (χ3n) is 3.31. The first kappa shape index (κ1) is 21.1. The first-order chi connectivity index (χ1) is 13.2. The highest BCUT2D eigenvalue weighted by atomic mass is 19.1. The van der Waals surface area contributed by atoms with Gasteiger partial charge >= 0.3 is 0 Å². The van der Waals surface area contributed by atoms with Gasteiger partial charge in [-0.3, -0.25) is 4.99 Å². The predicted molar refractivity (Wildman–Crippen MR) is 106 cm³/mol. The number of hydrogen-bond donors (Lipinski definition) is 3. The van der Waals surface area contributed by atoms with Crippen LogP contribution in [0.25, 0.3) is 11.4 Å². The van der Waals surface area contributed by atoms with E-state index in [0.29, 0.717) is 5.70 Å². The summed E-state index contributed by atoms with van der Waals surface area (Å²) in [6.07, 6.45) is 2.14. The molecule has 9 heteroatoms. The average Bonchev–Trinajstić information content (AvgIpc) is 2.59. The lowest BCUT2D eigenvalue weighted by molar-refractivity contribution is 0.0943. The fourth-order valence-electron chi connectivity index (χ4n) is 2.11. The summed E-state index contributed by atoms with van der Waals surface area (Å²) in [6.45, 7) is 8.18. The normalized spacial score (nSPS) is 12.6. The van der Waals surface area contributed by atoms with Gasteiger partial charge in [0.15, 0.2) is 5.82 Å². The number of anilines is 2. The van der Waals surface area contributed by atoms with E-state index < -0.39 is 17.2 Å². The van der Waals surface area contributed by atoms with Gasteiger partial charge in [0.2, 0.25) is 11.9 Å². The molecule has 28 heavy (non-hydrogen) atoms. The quantitative estimate of drug-likeness (QED) is 0.472. The van der Waals surface area contributed by atoms with E-state index in [9.17, 15) is 13.9 Å². The molecule has 0 radical (unpaired) electrons. The number of halogens is 2. The molecule has 0 atom stereocenters. The van der Waals surface area contributed by atoms with Gasteiger partial charge in [0.1, 0.15) is 11.6 Å². The smallest absolute Gasteiger partial charge is 0.232 e. The number of allylic oxidation sites excluding steroid dienone is 3. The third-order valence-corrected chi connectivity index (χ3v) is 3.31. The Morgan fingerprint density at radius 1 is 1.25 bits per heavy atom. The standard InChI is InChI=1S/C19H22F2N6O/c1-12(9-13(20)10-22-4)24-18-26-16(14-7-5-6-8-15(14)21)25-17(27-18)23-11-19(2,3)28/h5-10,28H,4,11H2,1-3H3,(H2,23,24,25,26,27)/b12-9+,13-10+. The van der Waals surface area contributed by atoms with Crippen LogP contribution in [0.1, 0.15) is 20.8 Å². The fourth-order valence-corrected chi connectivity index (χ4v) is 2.11. The summed E-state index contributed by atoms with van der Waals surface area (Å²) in [5.74, 6) is -0.797. The maximum atomic E-state index is 14.2. The molecule has 0 fully saturated rings. The van der Waals surface area contributed by atoms with Gasteiger partial charge < -0.3 is 15.7 Å². The Morgan fingerprint density at radius 3 is 2.57 bits per heavy atom. The molecule has 148 valence electrons. The molecule has 0 saturated carbocycles. The number of aliphatic imine (C=N–C) groups is 1. The zero-order valence-corrected chi connectivity index (χ0v) is 15.9. The summed E-state index contributed by atoms with van der Waals surface area (Å²) < 4.78 is 27.7. The minimum atomic E-state index is -1.01. The summed E-state index contributed by atoms with van der Waals surface area (Å²) in [5.41, 5.74) is -0.445. The summed E-state index contributed by atoms with van der Waals surface area (Å²) >= 11 is 0. The van der Waals surface area contributed by atoms with Gasteiger partial charge in [-0.05, 0) is 45.7 Å². The van der Waals surface area contributed by atoms with Crippen LogP contribution in [0.15, 0.2) is 53.1 Å². The van der Waals surface area contributed by atoms with Crippen LogP contribution in [0, 0.1) is 5.82 Å². The number of nitrogens with zero attached hydrogens (tertiary/aromatic N) is 4. The molecule has 0 aliphatic heterocycles. The third kappa shape index (κ3) is 6.51. The molecule has 1 aromatic carbocycles. The zero-order chi connectivity index (χ0) is 20.7. The summed E-state index contributed by atoms with van der Waals surface area (Å²) in [7, 11) is 0. The maximum Gasteiger partial charge on any atom is 0.232 e. The molecule has 2 aromatic rings. The Bertz CT molecular complexity index is 906. The molecule has 0 unspecified atom stereocenters. The second kappa shape index (κ2) is 9.14. The number of hydrogen-bond acceptors (Lipinski definition) is 7. The molecule has 0 spiro atoms. The number of aromatic nitrogens is 3. The highest BCUT2D eigenvalue weighted by Crippen LogP contribution is 2.22. The largest absolute Gasteiger partial charge is 0.389 e. The van der Waals surface area contributed by atoms with Crippen molar-refractivity contribution in [1.82, 2.24) is 15.0 Å². The maximum absolute atomic E-state index is 14.2. The molecule has 0 aliphatic rings.